The van der Waals surface area contributed by atoms with Crippen molar-refractivity contribution >= 4 is 5.91 Å². The van der Waals surface area contributed by atoms with Crippen molar-refractivity contribution in [3.05, 3.63) is 59.7 Å². The number of nitrogens with one attached hydrogen (secondary N) is 1. The van der Waals surface area contributed by atoms with E-state index in [1.807, 2.05) is 24.3 Å². The van der Waals surface area contributed by atoms with Crippen LogP contribution in [0.25, 0.3) is 0 Å². The minimum absolute atomic E-state index is 0.111. The largest absolute Gasteiger partial charge is 0.493 e. The third-order valence-corrected chi connectivity index (χ3v) is 4.81. The fourth-order valence-electron chi connectivity index (χ4n) is 3.19. The summed E-state index contributed by atoms with van der Waals surface area (Å²) in [7, 11) is 1.65. The number of carbonyl (C=O) groups is 1. The maximum atomic E-state index is 11.4. The maximum absolute atomic E-state index is 11.4. The molecule has 4 nitrogen and oxygen atoms in total. The lowest BCUT2D eigenvalue weighted by Crippen LogP contribution is -2.13. The number of benzene rings is 2. The molecule has 3 rings (SSSR count). The minimum atomic E-state index is 0.111. The zero-order valence-electron chi connectivity index (χ0n) is 14.8. The van der Waals surface area contributed by atoms with Crippen LogP contribution in [0.1, 0.15) is 42.7 Å². The summed E-state index contributed by atoms with van der Waals surface area (Å²) in [5, 5.41) is 2.88. The molecule has 0 saturated carbocycles. The molecule has 0 radical (unpaired) electrons. The van der Waals surface area contributed by atoms with E-state index in [9.17, 15) is 4.79 Å². The number of rotatable bonds is 7. The molecule has 1 aliphatic heterocycles. The van der Waals surface area contributed by atoms with Crippen LogP contribution in [0.5, 0.6) is 11.5 Å². The Balaban J connectivity index is 1.63. The SMILES string of the molecule is COc1ccc(C2CNC(=O)C2)cc1OCCC(C)c1ccccc1. The third kappa shape index (κ3) is 4.32. The van der Waals surface area contributed by atoms with Crippen molar-refractivity contribution in [2.45, 2.75) is 31.6 Å². The van der Waals surface area contributed by atoms with Crippen molar-refractivity contribution in [1.29, 1.82) is 0 Å². The van der Waals surface area contributed by atoms with Gasteiger partial charge in [0.2, 0.25) is 5.91 Å². The predicted molar refractivity (Wildman–Crippen MR) is 98.3 cm³/mol. The first kappa shape index (κ1) is 17.3. The summed E-state index contributed by atoms with van der Waals surface area (Å²) < 4.78 is 11.4. The highest BCUT2D eigenvalue weighted by atomic mass is 16.5. The second-order valence-corrected chi connectivity index (χ2v) is 6.56. The Morgan fingerprint density at radius 1 is 1.16 bits per heavy atom. The molecular formula is C21H25NO3. The molecule has 1 aliphatic rings. The lowest BCUT2D eigenvalue weighted by molar-refractivity contribution is -0.119. The van der Waals surface area contributed by atoms with Gasteiger partial charge in [0.05, 0.1) is 13.7 Å². The molecule has 0 spiro atoms. The average Bonchev–Trinajstić information content (AvgIpc) is 3.08. The zero-order chi connectivity index (χ0) is 17.6. The summed E-state index contributed by atoms with van der Waals surface area (Å²) in [5.41, 5.74) is 2.44. The summed E-state index contributed by atoms with van der Waals surface area (Å²) in [4.78, 5) is 11.4. The number of methoxy groups -OCH3 is 1. The summed E-state index contributed by atoms with van der Waals surface area (Å²) in [5.74, 6) is 2.24. The molecule has 0 aliphatic carbocycles. The van der Waals surface area contributed by atoms with Gasteiger partial charge < -0.3 is 14.8 Å². The van der Waals surface area contributed by atoms with Crippen LogP contribution < -0.4 is 14.8 Å². The molecule has 2 aromatic rings. The van der Waals surface area contributed by atoms with Gasteiger partial charge in [-0.3, -0.25) is 4.79 Å². The number of amides is 1. The summed E-state index contributed by atoms with van der Waals surface area (Å²) >= 11 is 0. The van der Waals surface area contributed by atoms with Gasteiger partial charge in [-0.05, 0) is 35.6 Å². The van der Waals surface area contributed by atoms with Gasteiger partial charge in [0.25, 0.3) is 0 Å². The quantitative estimate of drug-likeness (QED) is 0.833. The van der Waals surface area contributed by atoms with E-state index in [0.29, 0.717) is 25.5 Å². The van der Waals surface area contributed by atoms with E-state index in [4.69, 9.17) is 9.47 Å². The first-order valence-corrected chi connectivity index (χ1v) is 8.79. The molecule has 25 heavy (non-hydrogen) atoms. The molecule has 2 unspecified atom stereocenters. The highest BCUT2D eigenvalue weighted by Gasteiger charge is 2.24. The molecule has 1 heterocycles. The molecule has 1 saturated heterocycles. The molecule has 1 amide bonds. The number of hydrogen-bond donors (Lipinski definition) is 1. The lowest BCUT2D eigenvalue weighted by atomic mass is 9.97. The van der Waals surface area contributed by atoms with Gasteiger partial charge in [0.1, 0.15) is 0 Å². The molecule has 1 fully saturated rings. The molecule has 2 aromatic carbocycles. The number of carbonyl (C=O) groups excluding carboxylic acids is 1. The van der Waals surface area contributed by atoms with Crippen molar-refractivity contribution in [3.63, 3.8) is 0 Å². The third-order valence-electron chi connectivity index (χ3n) is 4.81. The van der Waals surface area contributed by atoms with Crippen molar-refractivity contribution < 1.29 is 14.3 Å². The van der Waals surface area contributed by atoms with Gasteiger partial charge in [0, 0.05) is 18.9 Å². The fourth-order valence-corrected chi connectivity index (χ4v) is 3.19. The van der Waals surface area contributed by atoms with E-state index in [1.54, 1.807) is 7.11 Å². The Kier molecular flexibility index (Phi) is 5.59. The van der Waals surface area contributed by atoms with Crippen molar-refractivity contribution in [2.24, 2.45) is 0 Å². The topological polar surface area (TPSA) is 47.6 Å². The average molecular weight is 339 g/mol. The Bertz CT molecular complexity index is 714. The summed E-state index contributed by atoms with van der Waals surface area (Å²) in [6.45, 7) is 3.52. The standard InChI is InChI=1S/C21H25NO3/c1-15(16-6-4-3-5-7-16)10-11-25-20-12-17(8-9-19(20)24-2)18-13-21(23)22-14-18/h3-9,12,15,18H,10-11,13-14H2,1-2H3,(H,22,23). The first-order valence-electron chi connectivity index (χ1n) is 8.79. The van der Waals surface area contributed by atoms with Gasteiger partial charge in [-0.25, -0.2) is 0 Å². The van der Waals surface area contributed by atoms with Gasteiger partial charge in [-0.15, -0.1) is 0 Å². The second kappa shape index (κ2) is 8.06. The van der Waals surface area contributed by atoms with Gasteiger partial charge in [0.15, 0.2) is 11.5 Å². The smallest absolute Gasteiger partial charge is 0.220 e. The molecule has 4 heteroatoms. The van der Waals surface area contributed by atoms with Gasteiger partial charge in [-0.2, -0.15) is 0 Å². The molecule has 132 valence electrons. The Labute approximate surface area is 149 Å². The van der Waals surface area contributed by atoms with E-state index in [2.05, 4.69) is 36.5 Å². The van der Waals surface area contributed by atoms with Crippen LogP contribution in [-0.4, -0.2) is 26.2 Å². The zero-order valence-corrected chi connectivity index (χ0v) is 14.8. The predicted octanol–water partition coefficient (Wildman–Crippen LogP) is 3.87. The maximum Gasteiger partial charge on any atom is 0.220 e. The van der Waals surface area contributed by atoms with Crippen LogP contribution in [0.4, 0.5) is 0 Å². The van der Waals surface area contributed by atoms with Crippen LogP contribution in [0, 0.1) is 0 Å². The fraction of sp³-hybridized carbons (Fsp3) is 0.381. The van der Waals surface area contributed by atoms with Gasteiger partial charge in [-0.1, -0.05) is 43.3 Å². The van der Waals surface area contributed by atoms with E-state index in [-0.39, 0.29) is 11.8 Å². The van der Waals surface area contributed by atoms with Crippen molar-refractivity contribution in [2.75, 3.05) is 20.3 Å². The first-order chi connectivity index (χ1) is 12.2. The van der Waals surface area contributed by atoms with E-state index < -0.39 is 0 Å². The normalized spacial score (nSPS) is 17.8. The highest BCUT2D eigenvalue weighted by Crippen LogP contribution is 2.33. The Morgan fingerprint density at radius 3 is 2.64 bits per heavy atom. The minimum Gasteiger partial charge on any atom is -0.493 e. The number of hydrogen-bond acceptors (Lipinski definition) is 3. The van der Waals surface area contributed by atoms with Crippen LogP contribution >= 0.6 is 0 Å². The molecule has 0 aromatic heterocycles. The second-order valence-electron chi connectivity index (χ2n) is 6.56. The molecule has 2 atom stereocenters. The lowest BCUT2D eigenvalue weighted by Gasteiger charge is -2.16. The number of ether oxygens (including phenoxy) is 2. The van der Waals surface area contributed by atoms with Crippen LogP contribution in [0.15, 0.2) is 48.5 Å². The molecule has 1 N–H and O–H groups in total. The summed E-state index contributed by atoms with van der Waals surface area (Å²) in [6.07, 6.45) is 1.47. The van der Waals surface area contributed by atoms with Crippen LogP contribution in [0.3, 0.4) is 0 Å². The van der Waals surface area contributed by atoms with E-state index >= 15 is 0 Å². The summed E-state index contributed by atoms with van der Waals surface area (Å²) in [6, 6.07) is 16.4. The van der Waals surface area contributed by atoms with Gasteiger partial charge >= 0.3 is 0 Å². The molecule has 0 bridgehead atoms. The molecular weight excluding hydrogens is 314 g/mol. The van der Waals surface area contributed by atoms with Crippen molar-refractivity contribution in [1.82, 2.24) is 5.32 Å². The highest BCUT2D eigenvalue weighted by molar-refractivity contribution is 5.79. The van der Waals surface area contributed by atoms with E-state index in [0.717, 1.165) is 23.5 Å². The van der Waals surface area contributed by atoms with E-state index in [1.165, 1.54) is 5.56 Å². The Hall–Kier alpha value is -2.49. The van der Waals surface area contributed by atoms with Crippen LogP contribution in [0.2, 0.25) is 0 Å². The monoisotopic (exact) mass is 339 g/mol. The van der Waals surface area contributed by atoms with Crippen LogP contribution in [-0.2, 0) is 4.79 Å². The Morgan fingerprint density at radius 2 is 1.96 bits per heavy atom. The van der Waals surface area contributed by atoms with Crippen molar-refractivity contribution in [3.8, 4) is 11.5 Å².